The van der Waals surface area contributed by atoms with E-state index in [0.717, 1.165) is 16.7 Å². The molecule has 184 valence electrons. The molecule has 1 heterocycles. The van der Waals surface area contributed by atoms with Crippen LogP contribution < -0.4 is 19.7 Å². The summed E-state index contributed by atoms with van der Waals surface area (Å²) in [4.78, 5) is 38.8. The Morgan fingerprint density at radius 2 is 1.86 bits per heavy atom. The fourth-order valence-corrected chi connectivity index (χ4v) is 4.59. The van der Waals surface area contributed by atoms with E-state index < -0.39 is 22.9 Å². The predicted molar refractivity (Wildman–Crippen MR) is 138 cm³/mol. The van der Waals surface area contributed by atoms with Gasteiger partial charge in [-0.2, -0.15) is 0 Å². The second-order valence-electron chi connectivity index (χ2n) is 7.37. The summed E-state index contributed by atoms with van der Waals surface area (Å²) < 4.78 is 23.9. The molecule has 0 atom stereocenters. The number of methoxy groups -OCH3 is 1. The van der Waals surface area contributed by atoms with E-state index in [2.05, 4.69) is 5.32 Å². The van der Waals surface area contributed by atoms with Gasteiger partial charge >= 0.3 is 0 Å². The largest absolute Gasteiger partial charge is 0.493 e. The van der Waals surface area contributed by atoms with Crippen molar-refractivity contribution in [2.75, 3.05) is 23.9 Å². The summed E-state index contributed by atoms with van der Waals surface area (Å²) in [6.45, 7) is -0.384. The predicted octanol–water partition coefficient (Wildman–Crippen LogP) is 6.40. The second kappa shape index (κ2) is 11.0. The number of rotatable bonds is 7. The number of nitrogens with one attached hydrogen (secondary N) is 1. The number of imide groups is 1. The Balaban J connectivity index is 1.50. The van der Waals surface area contributed by atoms with Crippen molar-refractivity contribution in [2.24, 2.45) is 0 Å². The van der Waals surface area contributed by atoms with Crippen LogP contribution in [0.2, 0.25) is 10.0 Å². The third-order valence-corrected chi connectivity index (χ3v) is 6.27. The van der Waals surface area contributed by atoms with Gasteiger partial charge in [-0.1, -0.05) is 29.3 Å². The van der Waals surface area contributed by atoms with Crippen molar-refractivity contribution in [3.63, 3.8) is 0 Å². The third-order valence-electron chi connectivity index (χ3n) is 4.89. The van der Waals surface area contributed by atoms with Crippen LogP contribution in [0.25, 0.3) is 6.08 Å². The molecule has 3 aromatic rings. The lowest BCUT2D eigenvalue weighted by molar-refractivity contribution is -0.118. The van der Waals surface area contributed by atoms with Gasteiger partial charge in [-0.05, 0) is 78.0 Å². The highest BCUT2D eigenvalue weighted by Crippen LogP contribution is 2.40. The Bertz CT molecular complexity index is 1380. The lowest BCUT2D eigenvalue weighted by Crippen LogP contribution is -2.27. The maximum atomic E-state index is 13.0. The van der Waals surface area contributed by atoms with Gasteiger partial charge in [-0.15, -0.1) is 0 Å². The van der Waals surface area contributed by atoms with Gasteiger partial charge in [-0.3, -0.25) is 14.4 Å². The molecular weight excluding hydrogens is 530 g/mol. The van der Waals surface area contributed by atoms with E-state index >= 15 is 0 Å². The van der Waals surface area contributed by atoms with Crippen molar-refractivity contribution in [3.05, 3.63) is 87.0 Å². The van der Waals surface area contributed by atoms with Crippen LogP contribution in [-0.4, -0.2) is 30.8 Å². The third kappa shape index (κ3) is 5.81. The maximum Gasteiger partial charge on any atom is 0.298 e. The van der Waals surface area contributed by atoms with E-state index in [0.29, 0.717) is 22.0 Å². The van der Waals surface area contributed by atoms with Gasteiger partial charge in [0.15, 0.2) is 18.1 Å². The molecule has 7 nitrogen and oxygen atoms in total. The van der Waals surface area contributed by atoms with Crippen LogP contribution in [0.15, 0.2) is 65.6 Å². The van der Waals surface area contributed by atoms with E-state index in [9.17, 15) is 18.8 Å². The zero-order chi connectivity index (χ0) is 25.8. The number of hydrogen-bond acceptors (Lipinski definition) is 6. The number of nitrogens with zero attached hydrogens (tertiary/aromatic N) is 1. The van der Waals surface area contributed by atoms with E-state index in [1.54, 1.807) is 24.3 Å². The quantitative estimate of drug-likeness (QED) is 0.345. The minimum Gasteiger partial charge on any atom is -0.493 e. The molecular formula is C25H17Cl2FN2O5S. The van der Waals surface area contributed by atoms with E-state index in [1.165, 1.54) is 49.6 Å². The standard InChI is InChI=1S/C25H17Cl2FN2O5S/c1-34-20-10-14(11-21-24(32)30(25(33)36-21)18-4-2-3-15(26)12-18)9-19(27)23(20)35-13-22(31)29-17-7-5-16(28)6-8-17/h2-12H,13H2,1H3,(H,29,31)/b21-11+. The highest BCUT2D eigenvalue weighted by atomic mass is 35.5. The van der Waals surface area contributed by atoms with Crippen LogP contribution in [-0.2, 0) is 9.59 Å². The number of halogens is 3. The molecule has 0 bridgehead atoms. The molecule has 4 rings (SSSR count). The highest BCUT2D eigenvalue weighted by molar-refractivity contribution is 8.19. The molecule has 0 radical (unpaired) electrons. The van der Waals surface area contributed by atoms with Crippen LogP contribution in [0.4, 0.5) is 20.6 Å². The Morgan fingerprint density at radius 1 is 1.11 bits per heavy atom. The Morgan fingerprint density at radius 3 is 2.56 bits per heavy atom. The zero-order valence-corrected chi connectivity index (χ0v) is 20.9. The minimum atomic E-state index is -0.500. The molecule has 11 heteroatoms. The molecule has 0 saturated carbocycles. The average Bonchev–Trinajstić information content (AvgIpc) is 3.12. The van der Waals surface area contributed by atoms with Crippen molar-refractivity contribution >= 4 is 69.5 Å². The van der Waals surface area contributed by atoms with Gasteiger partial charge in [0.25, 0.3) is 17.1 Å². The number of carbonyl (C=O) groups is 3. The van der Waals surface area contributed by atoms with Crippen molar-refractivity contribution in [3.8, 4) is 11.5 Å². The summed E-state index contributed by atoms with van der Waals surface area (Å²) in [5.41, 5.74) is 1.26. The fraction of sp³-hybridized carbons (Fsp3) is 0.0800. The van der Waals surface area contributed by atoms with Crippen LogP contribution >= 0.6 is 35.0 Å². The molecule has 0 unspecified atom stereocenters. The maximum absolute atomic E-state index is 13.0. The normalized spacial score (nSPS) is 14.3. The van der Waals surface area contributed by atoms with E-state index in [-0.39, 0.29) is 28.0 Å². The van der Waals surface area contributed by atoms with Gasteiger partial charge in [-0.25, -0.2) is 9.29 Å². The first-order valence-electron chi connectivity index (χ1n) is 10.3. The smallest absolute Gasteiger partial charge is 0.298 e. The molecule has 1 saturated heterocycles. The number of anilines is 2. The molecule has 0 aromatic heterocycles. The summed E-state index contributed by atoms with van der Waals surface area (Å²) in [6, 6.07) is 14.8. The number of carbonyl (C=O) groups excluding carboxylic acids is 3. The van der Waals surface area contributed by atoms with Crippen molar-refractivity contribution < 1.29 is 28.2 Å². The lowest BCUT2D eigenvalue weighted by Gasteiger charge is -2.14. The SMILES string of the molecule is COc1cc(/C=C2/SC(=O)N(c3cccc(Cl)c3)C2=O)cc(Cl)c1OCC(=O)Nc1ccc(F)cc1. The molecule has 0 aliphatic carbocycles. The number of thioether (sulfide) groups is 1. The zero-order valence-electron chi connectivity index (χ0n) is 18.6. The molecule has 36 heavy (non-hydrogen) atoms. The molecule has 3 aromatic carbocycles. The summed E-state index contributed by atoms with van der Waals surface area (Å²) in [6.07, 6.45) is 1.51. The van der Waals surface area contributed by atoms with Gasteiger partial charge in [0.05, 0.1) is 22.7 Å². The van der Waals surface area contributed by atoms with Crippen LogP contribution in [0.1, 0.15) is 5.56 Å². The summed E-state index contributed by atoms with van der Waals surface area (Å²) in [7, 11) is 1.40. The molecule has 1 N–H and O–H groups in total. The Hall–Kier alpha value is -3.53. The van der Waals surface area contributed by atoms with Gasteiger partial charge < -0.3 is 14.8 Å². The van der Waals surface area contributed by atoms with E-state index in [1.807, 2.05) is 0 Å². The van der Waals surface area contributed by atoms with Crippen molar-refractivity contribution in [2.45, 2.75) is 0 Å². The molecule has 3 amide bonds. The molecule has 1 aliphatic rings. The Labute approximate surface area is 219 Å². The minimum absolute atomic E-state index is 0.123. The lowest BCUT2D eigenvalue weighted by atomic mass is 10.1. The first kappa shape index (κ1) is 25.6. The number of ether oxygens (including phenoxy) is 2. The molecule has 0 spiro atoms. The summed E-state index contributed by atoms with van der Waals surface area (Å²) in [5.74, 6) is -1.07. The highest BCUT2D eigenvalue weighted by Gasteiger charge is 2.36. The molecule has 1 aliphatic heterocycles. The van der Waals surface area contributed by atoms with Crippen LogP contribution in [0.3, 0.4) is 0 Å². The number of hydrogen-bond donors (Lipinski definition) is 1. The summed E-state index contributed by atoms with van der Waals surface area (Å²) >= 11 is 13.1. The van der Waals surface area contributed by atoms with Crippen LogP contribution in [0.5, 0.6) is 11.5 Å². The van der Waals surface area contributed by atoms with Gasteiger partial charge in [0.2, 0.25) is 0 Å². The first-order valence-corrected chi connectivity index (χ1v) is 11.9. The first-order chi connectivity index (χ1) is 17.2. The van der Waals surface area contributed by atoms with Crippen molar-refractivity contribution in [1.29, 1.82) is 0 Å². The van der Waals surface area contributed by atoms with Gasteiger partial charge in [0, 0.05) is 10.7 Å². The number of benzene rings is 3. The average molecular weight is 547 g/mol. The summed E-state index contributed by atoms with van der Waals surface area (Å²) in [5, 5.41) is 2.64. The van der Waals surface area contributed by atoms with E-state index in [4.69, 9.17) is 32.7 Å². The van der Waals surface area contributed by atoms with Crippen molar-refractivity contribution in [1.82, 2.24) is 0 Å². The topological polar surface area (TPSA) is 84.9 Å². The number of amides is 3. The second-order valence-corrected chi connectivity index (χ2v) is 9.21. The fourth-order valence-electron chi connectivity index (χ4n) is 3.29. The molecule has 1 fully saturated rings. The monoisotopic (exact) mass is 546 g/mol. The van der Waals surface area contributed by atoms with Gasteiger partial charge in [0.1, 0.15) is 5.82 Å². The van der Waals surface area contributed by atoms with Crippen LogP contribution in [0, 0.1) is 5.82 Å². The Kier molecular flexibility index (Phi) is 7.83.